The molecule has 10 heteroatoms. The van der Waals surface area contributed by atoms with Gasteiger partial charge in [-0.1, -0.05) is 49.1 Å². The lowest BCUT2D eigenvalue weighted by Crippen LogP contribution is -2.56. The zero-order chi connectivity index (χ0) is 27.5. The molecule has 6 rings (SSSR count). The predicted molar refractivity (Wildman–Crippen MR) is 167 cm³/mol. The van der Waals surface area contributed by atoms with E-state index in [1.165, 1.54) is 22.5 Å². The van der Waals surface area contributed by atoms with Crippen molar-refractivity contribution in [3.8, 4) is 6.01 Å². The number of ether oxygens (including phenoxy) is 1. The quantitative estimate of drug-likeness (QED) is 0.315. The van der Waals surface area contributed by atoms with E-state index in [1.807, 2.05) is 6.08 Å². The Morgan fingerprint density at radius 2 is 1.98 bits per heavy atom. The summed E-state index contributed by atoms with van der Waals surface area (Å²) in [6.45, 7) is 14.8. The number of benzene rings is 2. The molecule has 3 aromatic rings. The standard InChI is InChI=1S/C31H31N7O2.H2S/c1-3-29(39)38-17-16-37(19-24(38)18-32-2)30-26-13-15-36(28-12-6-9-22-8-4-5-11-25(22)28)20-27(26)34-31(35-30)40-21-23-10-7-14-33-23;/h3-9,11-12,14,24H,1,10,13,15-21H2;1H2/t24-;/m0./s1. The highest BCUT2D eigenvalue weighted by molar-refractivity contribution is 7.59. The van der Waals surface area contributed by atoms with Crippen LogP contribution in [0.15, 0.2) is 72.4 Å². The van der Waals surface area contributed by atoms with Gasteiger partial charge in [0.2, 0.25) is 12.5 Å². The van der Waals surface area contributed by atoms with Crippen LogP contribution in [-0.4, -0.2) is 71.9 Å². The molecule has 1 atom stereocenters. The summed E-state index contributed by atoms with van der Waals surface area (Å²) in [7, 11) is 0. The summed E-state index contributed by atoms with van der Waals surface area (Å²) in [5, 5.41) is 2.43. The number of nitrogens with zero attached hydrogens (tertiary/aromatic N) is 7. The molecule has 1 aromatic heterocycles. The molecule has 1 saturated heterocycles. The fraction of sp³-hybridized carbons (Fsp3) is 0.323. The van der Waals surface area contributed by atoms with Gasteiger partial charge in [0.15, 0.2) is 0 Å². The van der Waals surface area contributed by atoms with Crippen LogP contribution >= 0.6 is 13.5 Å². The first kappa shape index (κ1) is 28.2. The lowest BCUT2D eigenvalue weighted by Gasteiger charge is -2.41. The Kier molecular flexibility index (Phi) is 8.55. The Morgan fingerprint density at radius 1 is 1.12 bits per heavy atom. The Balaban J connectivity index is 0.00000337. The van der Waals surface area contributed by atoms with Crippen molar-refractivity contribution in [3.63, 3.8) is 0 Å². The average Bonchev–Trinajstić information content (AvgIpc) is 3.53. The summed E-state index contributed by atoms with van der Waals surface area (Å²) in [5.74, 6) is 0.698. The minimum absolute atomic E-state index is 0. The number of anilines is 2. The number of carbonyl (C=O) groups is 1. The number of piperazine rings is 1. The van der Waals surface area contributed by atoms with Gasteiger partial charge in [0.05, 0.1) is 18.0 Å². The topological polar surface area (TPSA) is 78.5 Å². The van der Waals surface area contributed by atoms with E-state index >= 15 is 0 Å². The van der Waals surface area contributed by atoms with Crippen molar-refractivity contribution in [2.45, 2.75) is 25.4 Å². The number of carbonyl (C=O) groups excluding carboxylic acids is 1. The second kappa shape index (κ2) is 12.4. The van der Waals surface area contributed by atoms with E-state index in [1.54, 1.807) is 11.1 Å². The lowest BCUT2D eigenvalue weighted by atomic mass is 10.0. The summed E-state index contributed by atoms with van der Waals surface area (Å²) in [5.41, 5.74) is 4.17. The SMILES string of the molecule is S.[C-]#[N+]C[C@H]1CN(c2nc(OCC3=NC=CC3)nc3c2CCN(c2cccc4ccccc24)C3)CCN1C(=O)C=C. The van der Waals surface area contributed by atoms with Crippen molar-refractivity contribution in [2.75, 3.05) is 49.1 Å². The molecule has 0 saturated carbocycles. The van der Waals surface area contributed by atoms with Crippen LogP contribution in [0.25, 0.3) is 15.6 Å². The fourth-order valence-corrected chi connectivity index (χ4v) is 5.76. The molecule has 41 heavy (non-hydrogen) atoms. The molecule has 0 spiro atoms. The van der Waals surface area contributed by atoms with Crippen LogP contribution in [0.5, 0.6) is 6.01 Å². The number of hydrogen-bond acceptors (Lipinski definition) is 7. The van der Waals surface area contributed by atoms with Crippen molar-refractivity contribution in [3.05, 3.63) is 90.1 Å². The summed E-state index contributed by atoms with van der Waals surface area (Å²) in [4.78, 5) is 36.6. The van der Waals surface area contributed by atoms with E-state index < -0.39 is 0 Å². The molecule has 2 aromatic carbocycles. The van der Waals surface area contributed by atoms with Crippen molar-refractivity contribution < 1.29 is 9.53 Å². The fourth-order valence-electron chi connectivity index (χ4n) is 5.76. The molecule has 0 aliphatic carbocycles. The Labute approximate surface area is 247 Å². The van der Waals surface area contributed by atoms with Gasteiger partial charge in [0.25, 0.3) is 0 Å². The molecular weight excluding hydrogens is 534 g/mol. The zero-order valence-electron chi connectivity index (χ0n) is 22.9. The van der Waals surface area contributed by atoms with Crippen LogP contribution in [0.1, 0.15) is 17.7 Å². The van der Waals surface area contributed by atoms with Gasteiger partial charge in [-0.25, -0.2) is 6.57 Å². The monoisotopic (exact) mass is 567 g/mol. The van der Waals surface area contributed by atoms with Gasteiger partial charge < -0.3 is 24.3 Å². The molecule has 3 aliphatic rings. The van der Waals surface area contributed by atoms with Crippen molar-refractivity contribution >= 4 is 47.4 Å². The first-order valence-electron chi connectivity index (χ1n) is 13.6. The second-order valence-electron chi connectivity index (χ2n) is 10.2. The molecule has 3 aliphatic heterocycles. The van der Waals surface area contributed by atoms with E-state index in [-0.39, 0.29) is 32.0 Å². The number of amides is 1. The first-order valence-corrected chi connectivity index (χ1v) is 13.6. The maximum atomic E-state index is 12.5. The number of allylic oxidation sites excluding steroid dienone is 1. The van der Waals surface area contributed by atoms with Crippen LogP contribution in [0.4, 0.5) is 11.5 Å². The van der Waals surface area contributed by atoms with Gasteiger partial charge in [-0.2, -0.15) is 23.5 Å². The number of aliphatic imine (C=N–C) groups is 1. The highest BCUT2D eigenvalue weighted by atomic mass is 32.1. The molecule has 0 radical (unpaired) electrons. The molecule has 4 heterocycles. The minimum Gasteiger partial charge on any atom is -0.457 e. The third kappa shape index (κ3) is 5.77. The Bertz CT molecular complexity index is 1560. The van der Waals surface area contributed by atoms with Gasteiger partial charge in [-0.15, -0.1) is 0 Å². The third-order valence-corrected chi connectivity index (χ3v) is 7.76. The van der Waals surface area contributed by atoms with E-state index in [0.29, 0.717) is 38.8 Å². The highest BCUT2D eigenvalue weighted by Gasteiger charge is 2.34. The Morgan fingerprint density at radius 3 is 2.78 bits per heavy atom. The lowest BCUT2D eigenvalue weighted by molar-refractivity contribution is -0.128. The summed E-state index contributed by atoms with van der Waals surface area (Å²) in [6, 6.07) is 14.9. The van der Waals surface area contributed by atoms with Crippen molar-refractivity contribution in [1.29, 1.82) is 0 Å². The van der Waals surface area contributed by atoms with Crippen LogP contribution in [0.2, 0.25) is 0 Å². The van der Waals surface area contributed by atoms with Gasteiger partial charge in [-0.3, -0.25) is 9.79 Å². The molecule has 1 fully saturated rings. The number of aromatic nitrogens is 2. The zero-order valence-corrected chi connectivity index (χ0v) is 23.9. The molecular formula is C31H33N7O2S. The second-order valence-corrected chi connectivity index (χ2v) is 10.2. The van der Waals surface area contributed by atoms with Gasteiger partial charge in [0.1, 0.15) is 18.5 Å². The first-order chi connectivity index (χ1) is 19.6. The van der Waals surface area contributed by atoms with E-state index in [2.05, 4.69) is 68.7 Å². The highest BCUT2D eigenvalue weighted by Crippen LogP contribution is 2.34. The molecule has 0 N–H and O–H groups in total. The summed E-state index contributed by atoms with van der Waals surface area (Å²) >= 11 is 0. The number of fused-ring (bicyclic) bond motifs is 2. The van der Waals surface area contributed by atoms with Gasteiger partial charge >= 0.3 is 6.01 Å². The van der Waals surface area contributed by atoms with Crippen LogP contribution in [0.3, 0.4) is 0 Å². The number of hydrogen-bond donors (Lipinski definition) is 0. The summed E-state index contributed by atoms with van der Waals surface area (Å²) < 4.78 is 6.09. The van der Waals surface area contributed by atoms with Crippen LogP contribution in [-0.2, 0) is 17.8 Å². The number of rotatable bonds is 7. The maximum absolute atomic E-state index is 12.5. The van der Waals surface area contributed by atoms with E-state index in [9.17, 15) is 4.79 Å². The van der Waals surface area contributed by atoms with Crippen molar-refractivity contribution in [1.82, 2.24) is 14.9 Å². The van der Waals surface area contributed by atoms with Crippen LogP contribution < -0.4 is 14.5 Å². The molecule has 0 bridgehead atoms. The predicted octanol–water partition coefficient (Wildman–Crippen LogP) is 4.16. The molecule has 0 unspecified atom stereocenters. The van der Waals surface area contributed by atoms with E-state index in [0.717, 1.165) is 42.2 Å². The normalized spacial score (nSPS) is 17.9. The van der Waals surface area contributed by atoms with E-state index in [4.69, 9.17) is 21.3 Å². The summed E-state index contributed by atoms with van der Waals surface area (Å²) in [6.07, 6.45) is 6.67. The van der Waals surface area contributed by atoms with Gasteiger partial charge in [0, 0.05) is 55.4 Å². The molecule has 1 amide bonds. The minimum atomic E-state index is -0.235. The maximum Gasteiger partial charge on any atom is 0.319 e. The van der Waals surface area contributed by atoms with Crippen LogP contribution in [0, 0.1) is 6.57 Å². The largest absolute Gasteiger partial charge is 0.457 e. The average molecular weight is 568 g/mol. The van der Waals surface area contributed by atoms with Crippen molar-refractivity contribution in [2.24, 2.45) is 4.99 Å². The molecule has 210 valence electrons. The van der Waals surface area contributed by atoms with Gasteiger partial charge in [-0.05, 0) is 23.9 Å². The smallest absolute Gasteiger partial charge is 0.319 e. The Hall–Kier alpha value is -4.36. The third-order valence-electron chi connectivity index (χ3n) is 7.76. The molecule has 9 nitrogen and oxygen atoms in total.